The molecule has 34 heavy (non-hydrogen) atoms. The predicted octanol–water partition coefficient (Wildman–Crippen LogP) is 5.07. The summed E-state index contributed by atoms with van der Waals surface area (Å²) in [6.07, 6.45) is 1.86. The Morgan fingerprint density at radius 3 is 2.47 bits per heavy atom. The van der Waals surface area contributed by atoms with E-state index in [0.29, 0.717) is 0 Å². The van der Waals surface area contributed by atoms with Crippen molar-refractivity contribution >= 4 is 5.71 Å². The zero-order valence-electron chi connectivity index (χ0n) is 20.2. The SMILES string of the molecule is COc1ccc2c(c1OC)C(C)(C)[N+]1=C(c3cc4c(cc3CC1)OCO4)C2Cc1ccccc1. The summed E-state index contributed by atoms with van der Waals surface area (Å²) in [5.74, 6) is 3.47. The van der Waals surface area contributed by atoms with E-state index in [2.05, 4.69) is 67.0 Å². The van der Waals surface area contributed by atoms with Gasteiger partial charge in [-0.2, -0.15) is 0 Å². The Hall–Kier alpha value is -3.47. The van der Waals surface area contributed by atoms with E-state index in [1.54, 1.807) is 14.2 Å². The van der Waals surface area contributed by atoms with E-state index in [1.165, 1.54) is 33.5 Å². The van der Waals surface area contributed by atoms with E-state index in [-0.39, 0.29) is 18.2 Å². The highest BCUT2D eigenvalue weighted by Crippen LogP contribution is 2.50. The van der Waals surface area contributed by atoms with Crippen molar-refractivity contribution in [1.29, 1.82) is 0 Å². The molecule has 0 aromatic heterocycles. The molecular weight excluding hydrogens is 426 g/mol. The minimum atomic E-state index is -0.272. The molecule has 0 fully saturated rings. The number of benzene rings is 3. The lowest BCUT2D eigenvalue weighted by molar-refractivity contribution is -0.614. The van der Waals surface area contributed by atoms with Crippen LogP contribution in [-0.2, 0) is 18.4 Å². The van der Waals surface area contributed by atoms with E-state index >= 15 is 0 Å². The van der Waals surface area contributed by atoms with Crippen LogP contribution in [0.5, 0.6) is 23.0 Å². The summed E-state index contributed by atoms with van der Waals surface area (Å²) in [5.41, 5.74) is 7.50. The Morgan fingerprint density at radius 2 is 1.74 bits per heavy atom. The topological polar surface area (TPSA) is 39.9 Å². The normalized spacial score (nSPS) is 19.2. The van der Waals surface area contributed by atoms with Crippen LogP contribution in [0.4, 0.5) is 0 Å². The number of nitrogens with zero attached hydrogens (tertiary/aromatic N) is 1. The minimum Gasteiger partial charge on any atom is -0.493 e. The highest BCUT2D eigenvalue weighted by atomic mass is 16.7. The van der Waals surface area contributed by atoms with Gasteiger partial charge in [0.1, 0.15) is 6.54 Å². The first-order valence-electron chi connectivity index (χ1n) is 11.9. The van der Waals surface area contributed by atoms with Crippen LogP contribution in [-0.4, -0.2) is 37.8 Å². The van der Waals surface area contributed by atoms with Gasteiger partial charge in [-0.05, 0) is 41.3 Å². The number of rotatable bonds is 4. The molecule has 0 N–H and O–H groups in total. The van der Waals surface area contributed by atoms with E-state index in [0.717, 1.165) is 42.4 Å². The van der Waals surface area contributed by atoms with Crippen LogP contribution >= 0.6 is 0 Å². The fraction of sp³-hybridized carbons (Fsp3) is 0.345. The molecule has 5 nitrogen and oxygen atoms in total. The van der Waals surface area contributed by atoms with Gasteiger partial charge in [-0.3, -0.25) is 0 Å². The van der Waals surface area contributed by atoms with Crippen LogP contribution in [0.25, 0.3) is 0 Å². The third-order valence-electron chi connectivity index (χ3n) is 7.62. The van der Waals surface area contributed by atoms with Gasteiger partial charge in [-0.1, -0.05) is 36.4 Å². The van der Waals surface area contributed by atoms with Crippen molar-refractivity contribution in [3.8, 4) is 23.0 Å². The first-order valence-corrected chi connectivity index (χ1v) is 11.9. The number of fused-ring (bicyclic) bond motifs is 4. The molecule has 1 unspecified atom stereocenters. The summed E-state index contributed by atoms with van der Waals surface area (Å²) in [5, 5.41) is 0. The molecule has 6 rings (SSSR count). The number of hydrogen-bond donors (Lipinski definition) is 0. The van der Waals surface area contributed by atoms with Gasteiger partial charge < -0.3 is 18.9 Å². The van der Waals surface area contributed by atoms with Crippen LogP contribution in [0.2, 0.25) is 0 Å². The van der Waals surface area contributed by atoms with Crippen LogP contribution < -0.4 is 18.9 Å². The molecule has 174 valence electrons. The Bertz CT molecular complexity index is 1310. The lowest BCUT2D eigenvalue weighted by Crippen LogP contribution is -2.49. The molecule has 0 spiro atoms. The number of methoxy groups -OCH3 is 2. The smallest absolute Gasteiger partial charge is 0.231 e. The molecular formula is C29H30NO4+. The van der Waals surface area contributed by atoms with Crippen molar-refractivity contribution in [3.63, 3.8) is 0 Å². The fourth-order valence-corrected chi connectivity index (χ4v) is 6.09. The summed E-state index contributed by atoms with van der Waals surface area (Å²) in [6, 6.07) is 19.4. The van der Waals surface area contributed by atoms with Crippen LogP contribution in [0, 0.1) is 0 Å². The molecule has 3 heterocycles. The van der Waals surface area contributed by atoms with E-state index < -0.39 is 0 Å². The summed E-state index contributed by atoms with van der Waals surface area (Å²) < 4.78 is 25.8. The van der Waals surface area contributed by atoms with Gasteiger partial charge in [0, 0.05) is 25.8 Å². The lowest BCUT2D eigenvalue weighted by Gasteiger charge is -2.39. The van der Waals surface area contributed by atoms with Gasteiger partial charge in [0.05, 0.1) is 25.7 Å². The molecule has 3 aromatic carbocycles. The average Bonchev–Trinajstić information content (AvgIpc) is 3.32. The summed E-state index contributed by atoms with van der Waals surface area (Å²) in [6.45, 7) is 5.81. The van der Waals surface area contributed by atoms with Crippen molar-refractivity contribution in [2.75, 3.05) is 27.6 Å². The number of hydrogen-bond acceptors (Lipinski definition) is 4. The second kappa shape index (κ2) is 7.79. The largest absolute Gasteiger partial charge is 0.493 e. The van der Waals surface area contributed by atoms with Gasteiger partial charge in [0.2, 0.25) is 6.79 Å². The summed E-state index contributed by atoms with van der Waals surface area (Å²) >= 11 is 0. The molecule has 0 aliphatic carbocycles. The second-order valence-corrected chi connectivity index (χ2v) is 9.72. The Kier molecular flexibility index (Phi) is 4.83. The van der Waals surface area contributed by atoms with E-state index in [9.17, 15) is 0 Å². The van der Waals surface area contributed by atoms with Crippen molar-refractivity contribution < 1.29 is 23.5 Å². The molecule has 0 bridgehead atoms. The predicted molar refractivity (Wildman–Crippen MR) is 131 cm³/mol. The molecule has 0 saturated heterocycles. The van der Waals surface area contributed by atoms with Crippen molar-refractivity contribution in [1.82, 2.24) is 0 Å². The number of ether oxygens (including phenoxy) is 4. The Morgan fingerprint density at radius 1 is 0.971 bits per heavy atom. The first-order chi connectivity index (χ1) is 16.5. The molecule has 1 atom stereocenters. The van der Waals surface area contributed by atoms with E-state index in [4.69, 9.17) is 18.9 Å². The molecule has 0 radical (unpaired) electrons. The zero-order chi connectivity index (χ0) is 23.4. The first kappa shape index (κ1) is 21.1. The van der Waals surface area contributed by atoms with Gasteiger partial charge in [-0.25, -0.2) is 4.58 Å². The van der Waals surface area contributed by atoms with Gasteiger partial charge in [0.15, 0.2) is 34.2 Å². The fourth-order valence-electron chi connectivity index (χ4n) is 6.09. The third kappa shape index (κ3) is 3.03. The molecule has 3 aliphatic rings. The zero-order valence-corrected chi connectivity index (χ0v) is 20.2. The standard InChI is InChI=1S/C29H30NO4/c1-29(2)26-20(10-11-23(31-3)28(26)32-4)22(14-18-8-6-5-7-9-18)27-21-16-25-24(33-17-34-25)15-19(21)12-13-30(27)29/h5-11,15-16,22H,12-14,17H2,1-4H3/q+1. The maximum atomic E-state index is 5.98. The molecule has 3 aliphatic heterocycles. The molecule has 0 amide bonds. The minimum absolute atomic E-state index is 0.171. The quantitative estimate of drug-likeness (QED) is 0.514. The van der Waals surface area contributed by atoms with Gasteiger partial charge >= 0.3 is 0 Å². The highest BCUT2D eigenvalue weighted by molar-refractivity contribution is 6.05. The maximum absolute atomic E-state index is 5.98. The second-order valence-electron chi connectivity index (χ2n) is 9.72. The van der Waals surface area contributed by atoms with Crippen LogP contribution in [0.3, 0.4) is 0 Å². The van der Waals surface area contributed by atoms with Gasteiger partial charge in [0.25, 0.3) is 0 Å². The summed E-state index contributed by atoms with van der Waals surface area (Å²) in [7, 11) is 3.45. The van der Waals surface area contributed by atoms with Crippen LogP contribution in [0.1, 0.15) is 47.6 Å². The van der Waals surface area contributed by atoms with Crippen molar-refractivity contribution in [2.45, 2.75) is 38.1 Å². The monoisotopic (exact) mass is 456 g/mol. The molecule has 5 heteroatoms. The van der Waals surface area contributed by atoms with E-state index in [1.807, 2.05) is 6.07 Å². The highest BCUT2D eigenvalue weighted by Gasteiger charge is 2.50. The third-order valence-corrected chi connectivity index (χ3v) is 7.62. The van der Waals surface area contributed by atoms with Gasteiger partial charge in [-0.15, -0.1) is 0 Å². The Labute approximate surface area is 200 Å². The van der Waals surface area contributed by atoms with Crippen molar-refractivity contribution in [3.05, 3.63) is 82.4 Å². The molecule has 0 saturated carbocycles. The van der Waals surface area contributed by atoms with Crippen LogP contribution in [0.15, 0.2) is 54.6 Å². The maximum Gasteiger partial charge on any atom is 0.231 e. The summed E-state index contributed by atoms with van der Waals surface area (Å²) in [4.78, 5) is 0. The lowest BCUT2D eigenvalue weighted by atomic mass is 9.71. The Balaban J connectivity index is 1.62. The van der Waals surface area contributed by atoms with Crippen molar-refractivity contribution in [2.24, 2.45) is 0 Å². The average molecular weight is 457 g/mol. The molecule has 3 aromatic rings.